The highest BCUT2D eigenvalue weighted by Gasteiger charge is 2.10. The van der Waals surface area contributed by atoms with E-state index < -0.39 is 0 Å². The largest absolute Gasteiger partial charge is 0.497 e. The van der Waals surface area contributed by atoms with E-state index in [2.05, 4.69) is 25.9 Å². The first kappa shape index (κ1) is 12.1. The monoisotopic (exact) mass is 296 g/mol. The number of aromatic nitrogens is 2. The Labute approximate surface area is 108 Å². The lowest BCUT2D eigenvalue weighted by molar-refractivity contribution is 0.297. The van der Waals surface area contributed by atoms with Gasteiger partial charge in [-0.1, -0.05) is 12.1 Å². The van der Waals surface area contributed by atoms with Gasteiger partial charge in [0.05, 0.1) is 13.7 Å². The molecule has 0 fully saturated rings. The van der Waals surface area contributed by atoms with Crippen LogP contribution in [0.5, 0.6) is 5.75 Å². The quantitative estimate of drug-likeness (QED) is 0.911. The molecule has 1 heterocycles. The standard InChI is InChI=1S/C12H13BrN2O2/c1-17-9-4-2-3-8(7-9)11-12(13)15-10(14-11)5-6-16/h2-4,7,16H,5-6H2,1H3,(H,14,15). The summed E-state index contributed by atoms with van der Waals surface area (Å²) in [6.45, 7) is 0.0809. The van der Waals surface area contributed by atoms with Gasteiger partial charge in [-0.25, -0.2) is 4.98 Å². The van der Waals surface area contributed by atoms with Crippen molar-refractivity contribution in [2.75, 3.05) is 13.7 Å². The number of aliphatic hydroxyl groups is 1. The molecule has 0 amide bonds. The van der Waals surface area contributed by atoms with Gasteiger partial charge >= 0.3 is 0 Å². The third-order valence-electron chi connectivity index (χ3n) is 2.40. The molecule has 2 rings (SSSR count). The van der Waals surface area contributed by atoms with Crippen LogP contribution >= 0.6 is 15.9 Å². The summed E-state index contributed by atoms with van der Waals surface area (Å²) in [5, 5.41) is 8.88. The molecule has 0 aliphatic rings. The maximum absolute atomic E-state index is 8.88. The van der Waals surface area contributed by atoms with Crippen LogP contribution in [0, 0.1) is 0 Å². The normalized spacial score (nSPS) is 10.5. The number of hydrogen-bond acceptors (Lipinski definition) is 3. The van der Waals surface area contributed by atoms with Crippen LogP contribution in [0.2, 0.25) is 0 Å². The number of H-pyrrole nitrogens is 1. The lowest BCUT2D eigenvalue weighted by atomic mass is 10.1. The average molecular weight is 297 g/mol. The summed E-state index contributed by atoms with van der Waals surface area (Å²) in [5.74, 6) is 1.55. The van der Waals surface area contributed by atoms with E-state index >= 15 is 0 Å². The number of nitrogens with one attached hydrogen (secondary N) is 1. The molecular formula is C12H13BrN2O2. The number of imidazole rings is 1. The summed E-state index contributed by atoms with van der Waals surface area (Å²) in [7, 11) is 1.63. The maximum Gasteiger partial charge on any atom is 0.119 e. The van der Waals surface area contributed by atoms with Gasteiger partial charge in [0.2, 0.25) is 0 Å². The van der Waals surface area contributed by atoms with E-state index in [4.69, 9.17) is 9.84 Å². The highest BCUT2D eigenvalue weighted by atomic mass is 79.9. The van der Waals surface area contributed by atoms with Crippen molar-refractivity contribution in [2.24, 2.45) is 0 Å². The number of hydrogen-bond donors (Lipinski definition) is 2. The predicted molar refractivity (Wildman–Crippen MR) is 69.1 cm³/mol. The second-order valence-corrected chi connectivity index (χ2v) is 4.34. The minimum Gasteiger partial charge on any atom is -0.497 e. The van der Waals surface area contributed by atoms with Crippen molar-refractivity contribution in [1.29, 1.82) is 0 Å². The lowest BCUT2D eigenvalue weighted by Gasteiger charge is -2.02. The summed E-state index contributed by atoms with van der Waals surface area (Å²) in [6.07, 6.45) is 0.516. The van der Waals surface area contributed by atoms with Gasteiger partial charge in [-0.2, -0.15) is 0 Å². The molecule has 0 spiro atoms. The van der Waals surface area contributed by atoms with E-state index in [-0.39, 0.29) is 6.61 Å². The van der Waals surface area contributed by atoms with Gasteiger partial charge < -0.3 is 14.8 Å². The van der Waals surface area contributed by atoms with Gasteiger partial charge in [-0.3, -0.25) is 0 Å². The number of benzene rings is 1. The molecule has 2 N–H and O–H groups in total. The van der Waals surface area contributed by atoms with E-state index in [9.17, 15) is 0 Å². The minimum atomic E-state index is 0.0809. The van der Waals surface area contributed by atoms with Crippen LogP contribution < -0.4 is 4.74 Å². The molecule has 17 heavy (non-hydrogen) atoms. The predicted octanol–water partition coefficient (Wildman–Crippen LogP) is 2.38. The number of rotatable bonds is 4. The fourth-order valence-corrected chi connectivity index (χ4v) is 2.13. The molecule has 4 nitrogen and oxygen atoms in total. The topological polar surface area (TPSA) is 58.1 Å². The first-order valence-electron chi connectivity index (χ1n) is 5.24. The Morgan fingerprint density at radius 3 is 3.00 bits per heavy atom. The van der Waals surface area contributed by atoms with Crippen molar-refractivity contribution in [3.63, 3.8) is 0 Å². The van der Waals surface area contributed by atoms with Crippen molar-refractivity contribution < 1.29 is 9.84 Å². The SMILES string of the molecule is COc1cccc(-c2nc(CCO)[nH]c2Br)c1. The van der Waals surface area contributed by atoms with Crippen molar-refractivity contribution in [3.8, 4) is 17.0 Å². The van der Waals surface area contributed by atoms with Crippen LogP contribution in [0.3, 0.4) is 0 Å². The lowest BCUT2D eigenvalue weighted by Crippen LogP contribution is -1.92. The Balaban J connectivity index is 2.37. The minimum absolute atomic E-state index is 0.0809. The third-order valence-corrected chi connectivity index (χ3v) is 2.97. The Kier molecular flexibility index (Phi) is 3.81. The Bertz CT molecular complexity index is 511. The number of ether oxygens (including phenoxy) is 1. The molecule has 5 heteroatoms. The molecule has 0 bridgehead atoms. The molecular weight excluding hydrogens is 284 g/mol. The molecule has 1 aromatic carbocycles. The summed E-state index contributed by atoms with van der Waals surface area (Å²) in [4.78, 5) is 7.51. The Hall–Kier alpha value is -1.33. The van der Waals surface area contributed by atoms with E-state index in [1.807, 2.05) is 24.3 Å². The fraction of sp³-hybridized carbons (Fsp3) is 0.250. The van der Waals surface area contributed by atoms with Crippen LogP contribution in [0.15, 0.2) is 28.9 Å². The van der Waals surface area contributed by atoms with Gasteiger partial charge in [-0.05, 0) is 28.1 Å². The zero-order chi connectivity index (χ0) is 12.3. The third kappa shape index (κ3) is 2.68. The zero-order valence-corrected chi connectivity index (χ0v) is 11.0. The van der Waals surface area contributed by atoms with Crippen LogP contribution in [0.25, 0.3) is 11.3 Å². The molecule has 1 aromatic heterocycles. The second kappa shape index (κ2) is 5.33. The first-order chi connectivity index (χ1) is 8.24. The van der Waals surface area contributed by atoms with Crippen LogP contribution in [-0.2, 0) is 6.42 Å². The molecule has 0 saturated heterocycles. The molecule has 2 aromatic rings. The summed E-state index contributed by atoms with van der Waals surface area (Å²) in [5.41, 5.74) is 1.80. The van der Waals surface area contributed by atoms with Crippen molar-refractivity contribution >= 4 is 15.9 Å². The number of nitrogens with zero attached hydrogens (tertiary/aromatic N) is 1. The smallest absolute Gasteiger partial charge is 0.119 e. The van der Waals surface area contributed by atoms with Gasteiger partial charge in [0.15, 0.2) is 0 Å². The number of halogens is 1. The Morgan fingerprint density at radius 1 is 1.47 bits per heavy atom. The molecule has 0 aliphatic carbocycles. The molecule has 0 atom stereocenters. The Morgan fingerprint density at radius 2 is 2.29 bits per heavy atom. The number of methoxy groups -OCH3 is 1. The molecule has 0 aliphatic heterocycles. The number of aromatic amines is 1. The summed E-state index contributed by atoms with van der Waals surface area (Å²) < 4.78 is 5.99. The summed E-state index contributed by atoms with van der Waals surface area (Å²) >= 11 is 3.43. The van der Waals surface area contributed by atoms with E-state index in [0.29, 0.717) is 6.42 Å². The maximum atomic E-state index is 8.88. The van der Waals surface area contributed by atoms with E-state index in [1.165, 1.54) is 0 Å². The number of aliphatic hydroxyl groups excluding tert-OH is 1. The molecule has 90 valence electrons. The van der Waals surface area contributed by atoms with Crippen molar-refractivity contribution in [2.45, 2.75) is 6.42 Å². The van der Waals surface area contributed by atoms with Gasteiger partial charge in [0.25, 0.3) is 0 Å². The van der Waals surface area contributed by atoms with Crippen molar-refractivity contribution in [3.05, 3.63) is 34.7 Å². The zero-order valence-electron chi connectivity index (χ0n) is 9.40. The van der Waals surface area contributed by atoms with Gasteiger partial charge in [0.1, 0.15) is 21.9 Å². The van der Waals surface area contributed by atoms with Crippen LogP contribution in [0.1, 0.15) is 5.82 Å². The second-order valence-electron chi connectivity index (χ2n) is 3.55. The van der Waals surface area contributed by atoms with E-state index in [1.54, 1.807) is 7.11 Å². The average Bonchev–Trinajstić information content (AvgIpc) is 2.71. The highest BCUT2D eigenvalue weighted by Crippen LogP contribution is 2.28. The molecule has 0 radical (unpaired) electrons. The first-order valence-corrected chi connectivity index (χ1v) is 6.03. The molecule has 0 unspecified atom stereocenters. The summed E-state index contributed by atoms with van der Waals surface area (Å²) in [6, 6.07) is 7.69. The fourth-order valence-electron chi connectivity index (χ4n) is 1.58. The van der Waals surface area contributed by atoms with Gasteiger partial charge in [0, 0.05) is 12.0 Å². The van der Waals surface area contributed by atoms with E-state index in [0.717, 1.165) is 27.4 Å². The molecule has 0 saturated carbocycles. The van der Waals surface area contributed by atoms with Gasteiger partial charge in [-0.15, -0.1) is 0 Å². The van der Waals surface area contributed by atoms with Crippen LogP contribution in [-0.4, -0.2) is 28.8 Å². The highest BCUT2D eigenvalue weighted by molar-refractivity contribution is 9.10. The van der Waals surface area contributed by atoms with Crippen LogP contribution in [0.4, 0.5) is 0 Å². The van der Waals surface area contributed by atoms with Crippen molar-refractivity contribution in [1.82, 2.24) is 9.97 Å².